The van der Waals surface area contributed by atoms with Gasteiger partial charge in [-0.1, -0.05) is 22.9 Å². The summed E-state index contributed by atoms with van der Waals surface area (Å²) in [6.07, 6.45) is 2.58. The van der Waals surface area contributed by atoms with Crippen LogP contribution in [0, 0.1) is 0 Å². The molecule has 0 aliphatic carbocycles. The molecule has 0 fully saturated rings. The number of hydrogen-bond donors (Lipinski definition) is 1. The van der Waals surface area contributed by atoms with Crippen molar-refractivity contribution in [3.8, 4) is 11.5 Å². The van der Waals surface area contributed by atoms with Crippen LogP contribution < -0.4 is 10.5 Å². The lowest BCUT2D eigenvalue weighted by atomic mass is 10.1. The number of benzene rings is 1. The molecule has 0 aliphatic heterocycles. The maximum atomic E-state index is 5.91. The average Bonchev–Trinajstić information content (AvgIpc) is 2.41. The lowest BCUT2D eigenvalue weighted by molar-refractivity contribution is 0.479. The molecule has 0 unspecified atom stereocenters. The standard InChI is InChI=1S/C14H15BrN2O/c1-2-13(16)14-8-7-12(9-17-14)18-11-5-3-10(15)4-6-11/h3-9,13H,2,16H2,1H3/t13-/m0/s1. The van der Waals surface area contributed by atoms with Crippen LogP contribution in [0.4, 0.5) is 0 Å². The topological polar surface area (TPSA) is 48.1 Å². The second kappa shape index (κ2) is 5.98. The third kappa shape index (κ3) is 3.31. The van der Waals surface area contributed by atoms with Crippen LogP contribution in [0.3, 0.4) is 0 Å². The number of nitrogens with zero attached hydrogens (tertiary/aromatic N) is 1. The van der Waals surface area contributed by atoms with Gasteiger partial charge >= 0.3 is 0 Å². The Morgan fingerprint density at radius 1 is 1.17 bits per heavy atom. The van der Waals surface area contributed by atoms with Gasteiger partial charge < -0.3 is 10.5 Å². The molecule has 0 saturated heterocycles. The van der Waals surface area contributed by atoms with Crippen LogP contribution in [0.5, 0.6) is 11.5 Å². The van der Waals surface area contributed by atoms with Crippen LogP contribution in [-0.4, -0.2) is 4.98 Å². The van der Waals surface area contributed by atoms with Crippen LogP contribution in [0.1, 0.15) is 25.1 Å². The summed E-state index contributed by atoms with van der Waals surface area (Å²) in [6, 6.07) is 11.5. The smallest absolute Gasteiger partial charge is 0.145 e. The molecule has 0 amide bonds. The molecule has 4 heteroatoms. The number of rotatable bonds is 4. The van der Waals surface area contributed by atoms with Gasteiger partial charge in [0.15, 0.2) is 0 Å². The Labute approximate surface area is 115 Å². The van der Waals surface area contributed by atoms with Gasteiger partial charge in [0, 0.05) is 10.5 Å². The Morgan fingerprint density at radius 3 is 2.39 bits per heavy atom. The van der Waals surface area contributed by atoms with Crippen LogP contribution in [0.15, 0.2) is 47.1 Å². The third-order valence-electron chi connectivity index (χ3n) is 2.63. The van der Waals surface area contributed by atoms with Gasteiger partial charge in [-0.2, -0.15) is 0 Å². The van der Waals surface area contributed by atoms with E-state index in [9.17, 15) is 0 Å². The van der Waals surface area contributed by atoms with Gasteiger partial charge in [-0.05, 0) is 42.8 Å². The fraction of sp³-hybridized carbons (Fsp3) is 0.214. The quantitative estimate of drug-likeness (QED) is 0.927. The molecule has 0 spiro atoms. The van der Waals surface area contributed by atoms with E-state index in [0.29, 0.717) is 5.75 Å². The summed E-state index contributed by atoms with van der Waals surface area (Å²) in [7, 11) is 0. The van der Waals surface area contributed by atoms with Crippen LogP contribution in [0.25, 0.3) is 0 Å². The van der Waals surface area contributed by atoms with Crippen LogP contribution in [0.2, 0.25) is 0 Å². The van der Waals surface area contributed by atoms with Gasteiger partial charge in [0.05, 0.1) is 11.9 Å². The number of ether oxygens (including phenoxy) is 1. The summed E-state index contributed by atoms with van der Waals surface area (Å²) in [4.78, 5) is 4.30. The predicted molar refractivity (Wildman–Crippen MR) is 75.7 cm³/mol. The van der Waals surface area contributed by atoms with Crippen molar-refractivity contribution in [3.05, 3.63) is 52.8 Å². The molecule has 1 aromatic carbocycles. The van der Waals surface area contributed by atoms with Crippen molar-refractivity contribution in [1.29, 1.82) is 0 Å². The van der Waals surface area contributed by atoms with Crippen molar-refractivity contribution >= 4 is 15.9 Å². The second-order valence-corrected chi connectivity index (χ2v) is 4.91. The zero-order valence-corrected chi connectivity index (χ0v) is 11.7. The summed E-state index contributed by atoms with van der Waals surface area (Å²) in [5.41, 5.74) is 6.79. The van der Waals surface area contributed by atoms with E-state index < -0.39 is 0 Å². The highest BCUT2D eigenvalue weighted by molar-refractivity contribution is 9.10. The fourth-order valence-corrected chi connectivity index (χ4v) is 1.78. The average molecular weight is 307 g/mol. The lowest BCUT2D eigenvalue weighted by Crippen LogP contribution is -2.10. The molecule has 0 saturated carbocycles. The molecule has 1 aromatic heterocycles. The van der Waals surface area contributed by atoms with E-state index in [1.807, 2.05) is 43.3 Å². The molecular formula is C14H15BrN2O. The van der Waals surface area contributed by atoms with Gasteiger partial charge in [0.1, 0.15) is 11.5 Å². The fourth-order valence-electron chi connectivity index (χ4n) is 1.52. The molecule has 3 nitrogen and oxygen atoms in total. The summed E-state index contributed by atoms with van der Waals surface area (Å²) >= 11 is 3.38. The first kappa shape index (κ1) is 13.1. The first-order chi connectivity index (χ1) is 8.69. The molecule has 0 bridgehead atoms. The van der Waals surface area contributed by atoms with Gasteiger partial charge in [0.2, 0.25) is 0 Å². The zero-order chi connectivity index (χ0) is 13.0. The predicted octanol–water partition coefficient (Wildman–Crippen LogP) is 4.05. The Hall–Kier alpha value is -1.39. The maximum absolute atomic E-state index is 5.91. The minimum absolute atomic E-state index is 0.00766. The van der Waals surface area contributed by atoms with E-state index in [0.717, 1.165) is 22.3 Å². The molecule has 2 rings (SSSR count). The van der Waals surface area contributed by atoms with Gasteiger partial charge in [0.25, 0.3) is 0 Å². The third-order valence-corrected chi connectivity index (χ3v) is 3.16. The lowest BCUT2D eigenvalue weighted by Gasteiger charge is -2.09. The van der Waals surface area contributed by atoms with E-state index in [4.69, 9.17) is 10.5 Å². The highest BCUT2D eigenvalue weighted by Crippen LogP contribution is 2.23. The Kier molecular flexibility index (Phi) is 4.33. The van der Waals surface area contributed by atoms with Crippen molar-refractivity contribution < 1.29 is 4.74 Å². The highest BCUT2D eigenvalue weighted by Gasteiger charge is 2.05. The first-order valence-corrected chi connectivity index (χ1v) is 6.63. The highest BCUT2D eigenvalue weighted by atomic mass is 79.9. The minimum atomic E-state index is -0.00766. The minimum Gasteiger partial charge on any atom is -0.456 e. The number of halogens is 1. The number of aromatic nitrogens is 1. The molecule has 2 N–H and O–H groups in total. The molecule has 1 atom stereocenters. The summed E-state index contributed by atoms with van der Waals surface area (Å²) < 4.78 is 6.70. The van der Waals surface area contributed by atoms with Crippen molar-refractivity contribution in [3.63, 3.8) is 0 Å². The summed E-state index contributed by atoms with van der Waals surface area (Å²) in [5.74, 6) is 1.50. The number of pyridine rings is 1. The SMILES string of the molecule is CC[C@H](N)c1ccc(Oc2ccc(Br)cc2)cn1. The van der Waals surface area contributed by atoms with E-state index in [1.165, 1.54) is 0 Å². The largest absolute Gasteiger partial charge is 0.456 e. The molecular weight excluding hydrogens is 292 g/mol. The number of nitrogens with two attached hydrogens (primary N) is 1. The Morgan fingerprint density at radius 2 is 1.83 bits per heavy atom. The van der Waals surface area contributed by atoms with Crippen molar-refractivity contribution in [2.45, 2.75) is 19.4 Å². The number of hydrogen-bond acceptors (Lipinski definition) is 3. The molecule has 1 heterocycles. The van der Waals surface area contributed by atoms with Gasteiger partial charge in [-0.25, -0.2) is 0 Å². The van der Waals surface area contributed by atoms with E-state index in [-0.39, 0.29) is 6.04 Å². The van der Waals surface area contributed by atoms with Gasteiger partial charge in [-0.15, -0.1) is 0 Å². The van der Waals surface area contributed by atoms with E-state index >= 15 is 0 Å². The Balaban J connectivity index is 2.08. The second-order valence-electron chi connectivity index (χ2n) is 3.99. The molecule has 2 aromatic rings. The van der Waals surface area contributed by atoms with Crippen LogP contribution >= 0.6 is 15.9 Å². The van der Waals surface area contributed by atoms with E-state index in [2.05, 4.69) is 20.9 Å². The van der Waals surface area contributed by atoms with Crippen molar-refractivity contribution in [1.82, 2.24) is 4.98 Å². The first-order valence-electron chi connectivity index (χ1n) is 5.84. The molecule has 18 heavy (non-hydrogen) atoms. The van der Waals surface area contributed by atoms with Crippen molar-refractivity contribution in [2.75, 3.05) is 0 Å². The van der Waals surface area contributed by atoms with Crippen LogP contribution in [-0.2, 0) is 0 Å². The van der Waals surface area contributed by atoms with Gasteiger partial charge in [-0.3, -0.25) is 4.98 Å². The molecule has 94 valence electrons. The molecule has 0 aliphatic rings. The normalized spacial score (nSPS) is 12.2. The Bertz CT molecular complexity index is 496. The van der Waals surface area contributed by atoms with Crippen molar-refractivity contribution in [2.24, 2.45) is 5.73 Å². The molecule has 0 radical (unpaired) electrons. The van der Waals surface area contributed by atoms with E-state index in [1.54, 1.807) is 6.20 Å². The maximum Gasteiger partial charge on any atom is 0.145 e. The monoisotopic (exact) mass is 306 g/mol. The zero-order valence-electron chi connectivity index (χ0n) is 10.1. The summed E-state index contributed by atoms with van der Waals surface area (Å²) in [6.45, 7) is 2.04. The summed E-state index contributed by atoms with van der Waals surface area (Å²) in [5, 5.41) is 0.